The summed E-state index contributed by atoms with van der Waals surface area (Å²) in [5.74, 6) is 0.356. The summed E-state index contributed by atoms with van der Waals surface area (Å²) in [6, 6.07) is 20.8. The minimum atomic E-state index is 0.0638. The van der Waals surface area contributed by atoms with Crippen molar-refractivity contribution in [1.29, 1.82) is 0 Å². The third-order valence-corrected chi connectivity index (χ3v) is 4.87. The summed E-state index contributed by atoms with van der Waals surface area (Å²) in [4.78, 5) is 0. The molecule has 2 aromatic carbocycles. The summed E-state index contributed by atoms with van der Waals surface area (Å²) in [6.45, 7) is 1.99. The van der Waals surface area contributed by atoms with Gasteiger partial charge in [0.2, 0.25) is 0 Å². The van der Waals surface area contributed by atoms with Crippen molar-refractivity contribution in [3.63, 3.8) is 0 Å². The number of hydrogen-bond acceptors (Lipinski definition) is 4. The summed E-state index contributed by atoms with van der Waals surface area (Å²) in [5.41, 5.74) is 2.38. The molecule has 0 bridgehead atoms. The Bertz CT molecular complexity index is 675. The van der Waals surface area contributed by atoms with Gasteiger partial charge >= 0.3 is 0 Å². The zero-order chi connectivity index (χ0) is 16.2. The second-order valence-corrected chi connectivity index (χ2v) is 6.50. The lowest BCUT2D eigenvalue weighted by atomic mass is 10.0. The van der Waals surface area contributed by atoms with Crippen LogP contribution in [0.4, 0.5) is 0 Å². The van der Waals surface area contributed by atoms with E-state index in [2.05, 4.69) is 34.5 Å². The van der Waals surface area contributed by atoms with Crippen LogP contribution < -0.4 is 0 Å². The van der Waals surface area contributed by atoms with E-state index in [4.69, 9.17) is 9.47 Å². The Balaban J connectivity index is 1.40. The molecule has 1 heterocycles. The minimum absolute atomic E-state index is 0.0638. The van der Waals surface area contributed by atoms with Crippen molar-refractivity contribution in [3.05, 3.63) is 71.8 Å². The molecular formula is C20H22N2O2. The first kappa shape index (κ1) is 15.5. The van der Waals surface area contributed by atoms with Crippen LogP contribution in [0.5, 0.6) is 0 Å². The molecule has 0 amide bonds. The minimum Gasteiger partial charge on any atom is -0.371 e. The van der Waals surface area contributed by atoms with Crippen LogP contribution in [0.1, 0.15) is 17.5 Å². The van der Waals surface area contributed by atoms with Gasteiger partial charge in [0, 0.05) is 12.3 Å². The van der Waals surface area contributed by atoms with Crippen molar-refractivity contribution in [2.75, 3.05) is 6.54 Å². The molecule has 0 N–H and O–H groups in total. The van der Waals surface area contributed by atoms with E-state index in [0.29, 0.717) is 19.1 Å². The van der Waals surface area contributed by atoms with Crippen LogP contribution in [0.25, 0.3) is 0 Å². The predicted octanol–water partition coefficient (Wildman–Crippen LogP) is 4.01. The van der Waals surface area contributed by atoms with Crippen molar-refractivity contribution in [3.8, 4) is 0 Å². The molecule has 0 saturated heterocycles. The van der Waals surface area contributed by atoms with Crippen LogP contribution in [0.3, 0.4) is 0 Å². The molecule has 124 valence electrons. The summed E-state index contributed by atoms with van der Waals surface area (Å²) < 4.78 is 12.5. The molecular weight excluding hydrogens is 300 g/mol. The average Bonchev–Trinajstić information content (AvgIpc) is 3.21. The molecule has 1 aliphatic carbocycles. The van der Waals surface area contributed by atoms with Gasteiger partial charge in [-0.2, -0.15) is 10.2 Å². The van der Waals surface area contributed by atoms with Crippen molar-refractivity contribution in [2.45, 2.75) is 37.9 Å². The van der Waals surface area contributed by atoms with Crippen LogP contribution in [0.15, 0.2) is 70.9 Å². The van der Waals surface area contributed by atoms with Gasteiger partial charge in [-0.3, -0.25) is 0 Å². The topological polar surface area (TPSA) is 43.2 Å². The summed E-state index contributed by atoms with van der Waals surface area (Å²) in [7, 11) is 0. The van der Waals surface area contributed by atoms with Gasteiger partial charge in [0.1, 0.15) is 0 Å². The Morgan fingerprint density at radius 3 is 2.12 bits per heavy atom. The summed E-state index contributed by atoms with van der Waals surface area (Å²) >= 11 is 0. The molecule has 1 saturated carbocycles. The number of azo groups is 1. The first-order valence-corrected chi connectivity index (χ1v) is 8.58. The maximum absolute atomic E-state index is 6.26. The third kappa shape index (κ3) is 3.40. The quantitative estimate of drug-likeness (QED) is 0.806. The lowest BCUT2D eigenvalue weighted by Crippen LogP contribution is -2.32. The van der Waals surface area contributed by atoms with Crippen LogP contribution in [-0.4, -0.2) is 24.8 Å². The molecule has 0 unspecified atom stereocenters. The zero-order valence-corrected chi connectivity index (χ0v) is 13.6. The van der Waals surface area contributed by atoms with Gasteiger partial charge in [-0.15, -0.1) is 0 Å². The van der Waals surface area contributed by atoms with Crippen LogP contribution >= 0.6 is 0 Å². The highest BCUT2D eigenvalue weighted by atomic mass is 16.5. The fourth-order valence-corrected chi connectivity index (χ4v) is 3.58. The van der Waals surface area contributed by atoms with Gasteiger partial charge in [0.25, 0.3) is 0 Å². The van der Waals surface area contributed by atoms with Crippen molar-refractivity contribution >= 4 is 0 Å². The smallest absolute Gasteiger partial charge is 0.0909 e. The molecule has 4 rings (SSSR count). The monoisotopic (exact) mass is 322 g/mol. The molecule has 0 aromatic heterocycles. The molecule has 4 heteroatoms. The molecule has 2 aliphatic rings. The molecule has 0 spiro atoms. The second-order valence-electron chi connectivity index (χ2n) is 6.50. The van der Waals surface area contributed by atoms with Gasteiger partial charge in [0.15, 0.2) is 0 Å². The Labute approximate surface area is 142 Å². The summed E-state index contributed by atoms with van der Waals surface area (Å²) in [5, 5.41) is 8.59. The van der Waals surface area contributed by atoms with Gasteiger partial charge < -0.3 is 9.47 Å². The number of hydrogen-bond donors (Lipinski definition) is 0. The molecule has 4 atom stereocenters. The Hall–Kier alpha value is -2.04. The van der Waals surface area contributed by atoms with E-state index in [9.17, 15) is 0 Å². The zero-order valence-electron chi connectivity index (χ0n) is 13.6. The number of ether oxygens (including phenoxy) is 2. The van der Waals surface area contributed by atoms with E-state index in [1.807, 2.05) is 36.4 Å². The van der Waals surface area contributed by atoms with Crippen molar-refractivity contribution in [2.24, 2.45) is 16.1 Å². The van der Waals surface area contributed by atoms with E-state index in [1.54, 1.807) is 0 Å². The first-order chi connectivity index (χ1) is 11.9. The number of benzene rings is 2. The maximum Gasteiger partial charge on any atom is 0.0909 e. The van der Waals surface area contributed by atoms with E-state index < -0.39 is 0 Å². The van der Waals surface area contributed by atoms with Crippen molar-refractivity contribution < 1.29 is 9.47 Å². The van der Waals surface area contributed by atoms with Crippen molar-refractivity contribution in [1.82, 2.24) is 0 Å². The SMILES string of the molecule is c1ccc(CO[C@H]2[C@@H]3CN=N[C@@H]3C[C@H]2OCc2ccccc2)cc1. The Morgan fingerprint density at radius 2 is 1.46 bits per heavy atom. The number of fused-ring (bicyclic) bond motifs is 1. The largest absolute Gasteiger partial charge is 0.371 e. The molecule has 2 aromatic rings. The number of rotatable bonds is 6. The van der Waals surface area contributed by atoms with Crippen LogP contribution in [0, 0.1) is 5.92 Å². The highest BCUT2D eigenvalue weighted by molar-refractivity contribution is 5.15. The van der Waals surface area contributed by atoms with E-state index in [1.165, 1.54) is 11.1 Å². The van der Waals surface area contributed by atoms with Crippen LogP contribution in [0.2, 0.25) is 0 Å². The normalized spacial score (nSPS) is 28.2. The molecule has 1 fully saturated rings. The standard InChI is InChI=1S/C20H22N2O2/c1-3-7-15(8-4-1)13-23-19-11-18-17(12-21-22-18)20(19)24-14-16-9-5-2-6-10-16/h1-10,17-20H,11-14H2/t17-,18-,19-,20+/m1/s1. The highest BCUT2D eigenvalue weighted by Gasteiger charge is 2.47. The molecule has 0 radical (unpaired) electrons. The lowest BCUT2D eigenvalue weighted by molar-refractivity contribution is -0.0823. The Morgan fingerprint density at radius 1 is 0.833 bits per heavy atom. The lowest BCUT2D eigenvalue weighted by Gasteiger charge is -2.24. The predicted molar refractivity (Wildman–Crippen MR) is 91.7 cm³/mol. The highest BCUT2D eigenvalue weighted by Crippen LogP contribution is 2.38. The number of nitrogens with zero attached hydrogens (tertiary/aromatic N) is 2. The van der Waals surface area contributed by atoms with Gasteiger partial charge in [-0.05, 0) is 11.1 Å². The van der Waals surface area contributed by atoms with Gasteiger partial charge in [-0.25, -0.2) is 0 Å². The fourth-order valence-electron chi connectivity index (χ4n) is 3.58. The van der Waals surface area contributed by atoms with E-state index >= 15 is 0 Å². The van der Waals surface area contributed by atoms with E-state index in [0.717, 1.165) is 13.0 Å². The van der Waals surface area contributed by atoms with Gasteiger partial charge in [0.05, 0.1) is 38.0 Å². The Kier molecular flexibility index (Phi) is 4.67. The second kappa shape index (κ2) is 7.24. The average molecular weight is 322 g/mol. The third-order valence-electron chi connectivity index (χ3n) is 4.87. The summed E-state index contributed by atoms with van der Waals surface area (Å²) in [6.07, 6.45) is 1.05. The van der Waals surface area contributed by atoms with Crippen LogP contribution in [-0.2, 0) is 22.7 Å². The maximum atomic E-state index is 6.26. The van der Waals surface area contributed by atoms with E-state index in [-0.39, 0.29) is 18.2 Å². The van der Waals surface area contributed by atoms with Gasteiger partial charge in [-0.1, -0.05) is 60.7 Å². The first-order valence-electron chi connectivity index (χ1n) is 8.58. The molecule has 4 nitrogen and oxygen atoms in total. The fraction of sp³-hybridized carbons (Fsp3) is 0.400. The molecule has 24 heavy (non-hydrogen) atoms. The molecule has 1 aliphatic heterocycles.